The second-order valence-electron chi connectivity index (χ2n) is 5.52. The van der Waals surface area contributed by atoms with Gasteiger partial charge in [0.1, 0.15) is 0 Å². The highest BCUT2D eigenvalue weighted by Gasteiger charge is 2.48. The van der Waals surface area contributed by atoms with E-state index in [0.29, 0.717) is 0 Å². The molecule has 2 saturated carbocycles. The Balaban J connectivity index is 1.91. The van der Waals surface area contributed by atoms with Crippen molar-refractivity contribution in [3.05, 3.63) is 0 Å². The maximum atomic E-state index is 11.9. The Morgan fingerprint density at radius 2 is 1.94 bits per heavy atom. The summed E-state index contributed by atoms with van der Waals surface area (Å²) in [5.74, 6) is 1.74. The lowest BCUT2D eigenvalue weighted by atomic mass is 9.98. The number of nitrogens with zero attached hydrogens (tertiary/aromatic N) is 1. The highest BCUT2D eigenvalue weighted by molar-refractivity contribution is 5.93. The summed E-state index contributed by atoms with van der Waals surface area (Å²) < 4.78 is 0. The highest BCUT2D eigenvalue weighted by Crippen LogP contribution is 2.54. The van der Waals surface area contributed by atoms with Gasteiger partial charge in [-0.25, -0.2) is 0 Å². The first-order valence-electron chi connectivity index (χ1n) is 5.74. The molecule has 2 aliphatic rings. The third kappa shape index (κ3) is 1.99. The molecule has 16 heavy (non-hydrogen) atoms. The molecule has 0 spiro atoms. The van der Waals surface area contributed by atoms with Gasteiger partial charge in [0, 0.05) is 5.92 Å². The summed E-state index contributed by atoms with van der Waals surface area (Å²) in [7, 11) is 0. The van der Waals surface area contributed by atoms with Gasteiger partial charge < -0.3 is 16.3 Å². The second-order valence-corrected chi connectivity index (χ2v) is 5.52. The summed E-state index contributed by atoms with van der Waals surface area (Å²) in [5.41, 5.74) is 4.74. The van der Waals surface area contributed by atoms with Gasteiger partial charge in [-0.3, -0.25) is 4.79 Å². The van der Waals surface area contributed by atoms with Crippen molar-refractivity contribution in [3.8, 4) is 0 Å². The van der Waals surface area contributed by atoms with Crippen LogP contribution in [0.3, 0.4) is 0 Å². The molecule has 0 aromatic carbocycles. The van der Waals surface area contributed by atoms with E-state index in [4.69, 9.17) is 10.9 Å². The van der Waals surface area contributed by atoms with Crippen LogP contribution in [0.1, 0.15) is 33.1 Å². The van der Waals surface area contributed by atoms with Gasteiger partial charge in [-0.15, -0.1) is 0 Å². The Morgan fingerprint density at radius 3 is 2.44 bits per heavy atom. The molecule has 0 aromatic heterocycles. The normalized spacial score (nSPS) is 33.4. The quantitative estimate of drug-likeness (QED) is 0.285. The molecule has 2 rings (SSSR count). The van der Waals surface area contributed by atoms with E-state index < -0.39 is 5.54 Å². The Labute approximate surface area is 95.1 Å². The third-order valence-corrected chi connectivity index (χ3v) is 3.80. The zero-order valence-corrected chi connectivity index (χ0v) is 9.73. The molecule has 1 amide bonds. The summed E-state index contributed by atoms with van der Waals surface area (Å²) >= 11 is 0. The van der Waals surface area contributed by atoms with Gasteiger partial charge in [0.25, 0.3) is 0 Å². The van der Waals surface area contributed by atoms with Crippen molar-refractivity contribution in [2.45, 2.75) is 38.6 Å². The molecule has 0 saturated heterocycles. The maximum absolute atomic E-state index is 11.9. The van der Waals surface area contributed by atoms with Gasteiger partial charge in [0.05, 0.1) is 5.54 Å². The zero-order chi connectivity index (χ0) is 11.9. The van der Waals surface area contributed by atoms with Crippen LogP contribution in [0.5, 0.6) is 0 Å². The van der Waals surface area contributed by atoms with Gasteiger partial charge in [-0.05, 0) is 44.9 Å². The maximum Gasteiger partial charge on any atom is 0.223 e. The number of carbonyl (C=O) groups is 1. The molecule has 5 nitrogen and oxygen atoms in total. The van der Waals surface area contributed by atoms with Crippen LogP contribution in [-0.4, -0.2) is 22.5 Å². The number of nitrogens with one attached hydrogen (secondary N) is 1. The van der Waals surface area contributed by atoms with Gasteiger partial charge in [-0.2, -0.15) is 0 Å². The lowest BCUT2D eigenvalue weighted by Crippen LogP contribution is -2.54. The Morgan fingerprint density at radius 1 is 1.38 bits per heavy atom. The first-order valence-corrected chi connectivity index (χ1v) is 5.74. The van der Waals surface area contributed by atoms with Crippen LogP contribution in [0, 0.1) is 17.8 Å². The number of nitrogens with two attached hydrogens (primary N) is 1. The van der Waals surface area contributed by atoms with E-state index in [9.17, 15) is 4.79 Å². The van der Waals surface area contributed by atoms with E-state index in [2.05, 4.69) is 10.5 Å². The van der Waals surface area contributed by atoms with Crippen LogP contribution < -0.4 is 11.1 Å². The number of fused-ring (bicyclic) bond motifs is 1. The van der Waals surface area contributed by atoms with Crippen LogP contribution in [0.15, 0.2) is 5.16 Å². The van der Waals surface area contributed by atoms with Crippen LogP contribution in [0.25, 0.3) is 0 Å². The largest absolute Gasteiger partial charge is 0.409 e. The molecular formula is C11H19N3O2. The van der Waals surface area contributed by atoms with Gasteiger partial charge in [0.2, 0.25) is 5.91 Å². The number of amidine groups is 1. The van der Waals surface area contributed by atoms with E-state index in [-0.39, 0.29) is 17.7 Å². The lowest BCUT2D eigenvalue weighted by Gasteiger charge is -2.26. The molecule has 2 atom stereocenters. The summed E-state index contributed by atoms with van der Waals surface area (Å²) in [6.07, 6.45) is 3.30. The Kier molecular flexibility index (Phi) is 2.56. The standard InChI is InChI=1S/C11H19N3O2/c1-11(2,10(12)14-16)13-9(15)8-4-6-3-7(6)5-8/h6-8,16H,3-5H2,1-2H3,(H2,12,14)(H,13,15). The van der Waals surface area contributed by atoms with Crippen LogP contribution in [0.2, 0.25) is 0 Å². The molecule has 2 aliphatic carbocycles. The van der Waals surface area contributed by atoms with Crippen molar-refractivity contribution in [2.75, 3.05) is 0 Å². The Bertz CT molecular complexity index is 328. The SMILES string of the molecule is CC(C)(NC(=O)C1CC2CC2C1)C(N)=NO. The van der Waals surface area contributed by atoms with Crippen molar-refractivity contribution in [1.82, 2.24) is 5.32 Å². The topological polar surface area (TPSA) is 87.7 Å². The van der Waals surface area contributed by atoms with Crippen LogP contribution in [0.4, 0.5) is 0 Å². The average Bonchev–Trinajstić information content (AvgIpc) is 2.83. The molecule has 0 aliphatic heterocycles. The van der Waals surface area contributed by atoms with Gasteiger partial charge in [-0.1, -0.05) is 5.16 Å². The summed E-state index contributed by atoms with van der Waals surface area (Å²) in [6.45, 7) is 3.46. The molecule has 0 bridgehead atoms. The smallest absolute Gasteiger partial charge is 0.223 e. The highest BCUT2D eigenvalue weighted by atomic mass is 16.4. The summed E-state index contributed by atoms with van der Waals surface area (Å²) in [6, 6.07) is 0. The van der Waals surface area contributed by atoms with E-state index in [1.54, 1.807) is 13.8 Å². The zero-order valence-electron chi connectivity index (χ0n) is 9.73. The van der Waals surface area contributed by atoms with Crippen molar-refractivity contribution in [1.29, 1.82) is 0 Å². The first kappa shape index (κ1) is 11.2. The number of carbonyl (C=O) groups excluding carboxylic acids is 1. The minimum atomic E-state index is -0.779. The number of amides is 1. The summed E-state index contributed by atoms with van der Waals surface area (Å²) in [4.78, 5) is 11.9. The van der Waals surface area contributed by atoms with Gasteiger partial charge in [0.15, 0.2) is 5.84 Å². The fourth-order valence-electron chi connectivity index (χ4n) is 2.53. The number of rotatable bonds is 3. The lowest BCUT2D eigenvalue weighted by molar-refractivity contribution is -0.126. The van der Waals surface area contributed by atoms with E-state index in [0.717, 1.165) is 24.7 Å². The predicted octanol–water partition coefficient (Wildman–Crippen LogP) is 0.674. The van der Waals surface area contributed by atoms with Gasteiger partial charge >= 0.3 is 0 Å². The first-order chi connectivity index (χ1) is 7.44. The monoisotopic (exact) mass is 225 g/mol. The minimum Gasteiger partial charge on any atom is -0.409 e. The molecule has 90 valence electrons. The predicted molar refractivity (Wildman–Crippen MR) is 60.0 cm³/mol. The molecule has 2 fully saturated rings. The van der Waals surface area contributed by atoms with Crippen LogP contribution >= 0.6 is 0 Å². The number of hydrogen-bond acceptors (Lipinski definition) is 3. The second kappa shape index (κ2) is 3.64. The molecule has 0 heterocycles. The number of hydrogen-bond donors (Lipinski definition) is 3. The molecule has 4 N–H and O–H groups in total. The van der Waals surface area contributed by atoms with Crippen LogP contribution in [-0.2, 0) is 4.79 Å². The average molecular weight is 225 g/mol. The van der Waals surface area contributed by atoms with Crippen molar-refractivity contribution < 1.29 is 10.0 Å². The van der Waals surface area contributed by atoms with E-state index >= 15 is 0 Å². The molecule has 2 unspecified atom stereocenters. The molecular weight excluding hydrogens is 206 g/mol. The Hall–Kier alpha value is -1.26. The third-order valence-electron chi connectivity index (χ3n) is 3.80. The van der Waals surface area contributed by atoms with Crippen molar-refractivity contribution >= 4 is 11.7 Å². The number of oxime groups is 1. The fourth-order valence-corrected chi connectivity index (χ4v) is 2.53. The molecule has 0 aromatic rings. The molecule has 5 heteroatoms. The van der Waals surface area contributed by atoms with Crippen molar-refractivity contribution in [3.63, 3.8) is 0 Å². The fraction of sp³-hybridized carbons (Fsp3) is 0.818. The van der Waals surface area contributed by atoms with Crippen molar-refractivity contribution in [2.24, 2.45) is 28.6 Å². The summed E-state index contributed by atoms with van der Waals surface area (Å²) in [5, 5.41) is 14.4. The van der Waals surface area contributed by atoms with E-state index in [1.165, 1.54) is 6.42 Å². The molecule has 0 radical (unpaired) electrons. The van der Waals surface area contributed by atoms with E-state index in [1.807, 2.05) is 0 Å². The minimum absolute atomic E-state index is 0.0313.